The summed E-state index contributed by atoms with van der Waals surface area (Å²) in [5.74, 6) is 1.04. The number of fused-ring (bicyclic) bond motifs is 1. The highest BCUT2D eigenvalue weighted by atomic mass is 16.5. The molecule has 0 amide bonds. The fraction of sp³-hybridized carbons (Fsp3) is 0.250. The second-order valence-corrected chi connectivity index (χ2v) is 4.78. The van der Waals surface area contributed by atoms with Gasteiger partial charge in [-0.15, -0.1) is 0 Å². The van der Waals surface area contributed by atoms with Crippen molar-refractivity contribution in [3.05, 3.63) is 59.7 Å². The highest BCUT2D eigenvalue weighted by Crippen LogP contribution is 2.34. The molecule has 1 unspecified atom stereocenters. The van der Waals surface area contributed by atoms with Crippen LogP contribution in [0.15, 0.2) is 48.5 Å². The summed E-state index contributed by atoms with van der Waals surface area (Å²) in [5, 5.41) is 12.9. The lowest BCUT2D eigenvalue weighted by Crippen LogP contribution is -2.24. The Bertz CT molecular complexity index is 554. The van der Waals surface area contributed by atoms with E-state index in [1.54, 1.807) is 12.1 Å². The van der Waals surface area contributed by atoms with Gasteiger partial charge in [0.05, 0.1) is 6.04 Å². The number of benzene rings is 2. The van der Waals surface area contributed by atoms with Crippen molar-refractivity contribution in [2.24, 2.45) is 0 Å². The van der Waals surface area contributed by atoms with Gasteiger partial charge in [0.25, 0.3) is 0 Å². The Labute approximate surface area is 112 Å². The number of rotatable bonds is 4. The molecule has 0 aromatic heterocycles. The van der Waals surface area contributed by atoms with Crippen LogP contribution in [0.4, 0.5) is 0 Å². The van der Waals surface area contributed by atoms with Gasteiger partial charge in [-0.05, 0) is 30.7 Å². The number of nitrogens with one attached hydrogen (secondary N) is 1. The molecular weight excluding hydrogens is 238 g/mol. The predicted octanol–water partition coefficient (Wildman–Crippen LogP) is 2.66. The summed E-state index contributed by atoms with van der Waals surface area (Å²) in [6.07, 6.45) is 1.00. The molecule has 1 aliphatic heterocycles. The number of aromatic hydroxyl groups is 1. The first-order valence-electron chi connectivity index (χ1n) is 6.56. The van der Waals surface area contributed by atoms with E-state index in [1.165, 1.54) is 5.56 Å². The standard InChI is InChI=1S/C16H17NO2/c18-13-6-7-14-15(11-19-16(14)10-13)17-9-8-12-4-2-1-3-5-12/h1-7,10,15,17-18H,8-9,11H2. The zero-order chi connectivity index (χ0) is 13.1. The third-order valence-electron chi connectivity index (χ3n) is 3.43. The van der Waals surface area contributed by atoms with Gasteiger partial charge in [-0.2, -0.15) is 0 Å². The first-order valence-corrected chi connectivity index (χ1v) is 6.56. The van der Waals surface area contributed by atoms with Crippen LogP contribution in [0.3, 0.4) is 0 Å². The molecule has 1 aliphatic rings. The lowest BCUT2D eigenvalue weighted by Gasteiger charge is -2.11. The number of hydrogen-bond acceptors (Lipinski definition) is 3. The molecular formula is C16H17NO2. The van der Waals surface area contributed by atoms with Crippen LogP contribution in [0.1, 0.15) is 17.2 Å². The second-order valence-electron chi connectivity index (χ2n) is 4.78. The van der Waals surface area contributed by atoms with E-state index in [-0.39, 0.29) is 11.8 Å². The Hall–Kier alpha value is -2.00. The minimum Gasteiger partial charge on any atom is -0.508 e. The maximum Gasteiger partial charge on any atom is 0.127 e. The lowest BCUT2D eigenvalue weighted by atomic mass is 10.1. The van der Waals surface area contributed by atoms with Gasteiger partial charge < -0.3 is 15.2 Å². The van der Waals surface area contributed by atoms with Crippen molar-refractivity contribution in [3.63, 3.8) is 0 Å². The van der Waals surface area contributed by atoms with Crippen LogP contribution >= 0.6 is 0 Å². The van der Waals surface area contributed by atoms with Crippen LogP contribution in [0, 0.1) is 0 Å². The third kappa shape index (κ3) is 2.71. The van der Waals surface area contributed by atoms with E-state index in [4.69, 9.17) is 4.74 Å². The van der Waals surface area contributed by atoms with E-state index in [2.05, 4.69) is 29.6 Å². The maximum absolute atomic E-state index is 9.41. The van der Waals surface area contributed by atoms with Gasteiger partial charge in [0.1, 0.15) is 18.1 Å². The third-order valence-corrected chi connectivity index (χ3v) is 3.43. The molecule has 19 heavy (non-hydrogen) atoms. The van der Waals surface area contributed by atoms with Gasteiger partial charge in [-0.1, -0.05) is 30.3 Å². The fourth-order valence-corrected chi connectivity index (χ4v) is 2.40. The summed E-state index contributed by atoms with van der Waals surface area (Å²) in [7, 11) is 0. The van der Waals surface area contributed by atoms with Crippen molar-refractivity contribution in [1.82, 2.24) is 5.32 Å². The molecule has 0 saturated heterocycles. The van der Waals surface area contributed by atoms with E-state index in [0.29, 0.717) is 6.61 Å². The molecule has 2 N–H and O–H groups in total. The van der Waals surface area contributed by atoms with Crippen LogP contribution < -0.4 is 10.1 Å². The van der Waals surface area contributed by atoms with Crippen molar-refractivity contribution in [3.8, 4) is 11.5 Å². The molecule has 0 aliphatic carbocycles. The van der Waals surface area contributed by atoms with E-state index in [1.807, 2.05) is 12.1 Å². The highest BCUT2D eigenvalue weighted by molar-refractivity contribution is 5.44. The summed E-state index contributed by atoms with van der Waals surface area (Å²) in [6, 6.07) is 16.0. The smallest absolute Gasteiger partial charge is 0.127 e. The Morgan fingerprint density at radius 1 is 1.16 bits per heavy atom. The van der Waals surface area contributed by atoms with Crippen molar-refractivity contribution < 1.29 is 9.84 Å². The van der Waals surface area contributed by atoms with Gasteiger partial charge in [0, 0.05) is 11.6 Å². The highest BCUT2D eigenvalue weighted by Gasteiger charge is 2.23. The summed E-state index contributed by atoms with van der Waals surface area (Å²) >= 11 is 0. The van der Waals surface area contributed by atoms with Crippen molar-refractivity contribution in [2.75, 3.05) is 13.2 Å². The Balaban J connectivity index is 1.58. The Morgan fingerprint density at radius 2 is 2.00 bits per heavy atom. The van der Waals surface area contributed by atoms with Crippen LogP contribution in [0.25, 0.3) is 0 Å². The lowest BCUT2D eigenvalue weighted by molar-refractivity contribution is 0.311. The molecule has 1 heterocycles. The summed E-state index contributed by atoms with van der Waals surface area (Å²) in [4.78, 5) is 0. The van der Waals surface area contributed by atoms with Gasteiger partial charge in [-0.3, -0.25) is 0 Å². The molecule has 0 bridgehead atoms. The second kappa shape index (κ2) is 5.33. The molecule has 0 fully saturated rings. The van der Waals surface area contributed by atoms with Gasteiger partial charge >= 0.3 is 0 Å². The first kappa shape index (κ1) is 12.1. The zero-order valence-electron chi connectivity index (χ0n) is 10.7. The minimum absolute atomic E-state index is 0.222. The monoisotopic (exact) mass is 255 g/mol. The van der Waals surface area contributed by atoms with Crippen molar-refractivity contribution in [2.45, 2.75) is 12.5 Å². The van der Waals surface area contributed by atoms with Gasteiger partial charge in [0.2, 0.25) is 0 Å². The topological polar surface area (TPSA) is 41.5 Å². The number of hydrogen-bond donors (Lipinski definition) is 2. The molecule has 2 aromatic carbocycles. The van der Waals surface area contributed by atoms with Crippen LogP contribution in [0.5, 0.6) is 11.5 Å². The average Bonchev–Trinajstić information content (AvgIpc) is 2.82. The van der Waals surface area contributed by atoms with Crippen molar-refractivity contribution in [1.29, 1.82) is 0 Å². The van der Waals surface area contributed by atoms with E-state index in [9.17, 15) is 5.11 Å². The molecule has 98 valence electrons. The SMILES string of the molecule is Oc1ccc2c(c1)OCC2NCCc1ccccc1. The molecule has 3 rings (SSSR count). The fourth-order valence-electron chi connectivity index (χ4n) is 2.40. The minimum atomic E-state index is 0.222. The van der Waals surface area contributed by atoms with E-state index in [0.717, 1.165) is 24.3 Å². The molecule has 3 nitrogen and oxygen atoms in total. The number of ether oxygens (including phenoxy) is 1. The first-order chi connectivity index (χ1) is 9.33. The van der Waals surface area contributed by atoms with Crippen molar-refractivity contribution >= 4 is 0 Å². The van der Waals surface area contributed by atoms with E-state index < -0.39 is 0 Å². The predicted molar refractivity (Wildman–Crippen MR) is 74.5 cm³/mol. The molecule has 0 spiro atoms. The number of phenols is 1. The molecule has 0 radical (unpaired) electrons. The summed E-state index contributed by atoms with van der Waals surface area (Å²) in [5.41, 5.74) is 2.46. The normalized spacial score (nSPS) is 16.9. The van der Waals surface area contributed by atoms with Crippen LogP contribution in [-0.4, -0.2) is 18.3 Å². The largest absolute Gasteiger partial charge is 0.508 e. The van der Waals surface area contributed by atoms with E-state index >= 15 is 0 Å². The molecule has 0 saturated carbocycles. The molecule has 1 atom stereocenters. The molecule has 3 heteroatoms. The Kier molecular flexibility index (Phi) is 3.38. The average molecular weight is 255 g/mol. The zero-order valence-corrected chi connectivity index (χ0v) is 10.7. The maximum atomic E-state index is 9.41. The summed E-state index contributed by atoms with van der Waals surface area (Å²) < 4.78 is 5.57. The Morgan fingerprint density at radius 3 is 2.84 bits per heavy atom. The molecule has 2 aromatic rings. The number of phenolic OH excluding ortho intramolecular Hbond substituents is 1. The van der Waals surface area contributed by atoms with Gasteiger partial charge in [-0.25, -0.2) is 0 Å². The summed E-state index contributed by atoms with van der Waals surface area (Å²) in [6.45, 7) is 1.55. The van der Waals surface area contributed by atoms with Gasteiger partial charge in [0.15, 0.2) is 0 Å². The quantitative estimate of drug-likeness (QED) is 0.882. The van der Waals surface area contributed by atoms with Crippen LogP contribution in [-0.2, 0) is 6.42 Å². The van der Waals surface area contributed by atoms with Crippen LogP contribution in [0.2, 0.25) is 0 Å².